The van der Waals surface area contributed by atoms with Gasteiger partial charge in [-0.1, -0.05) is 26.7 Å². The van der Waals surface area contributed by atoms with Crippen LogP contribution in [0.15, 0.2) is 0 Å². The maximum atomic E-state index is 12.2. The fourth-order valence-corrected chi connectivity index (χ4v) is 2.22. The minimum Gasteiger partial charge on any atom is -0.397 e. The summed E-state index contributed by atoms with van der Waals surface area (Å²) in [7, 11) is 1.61. The quantitative estimate of drug-likeness (QED) is 0.703. The number of nitrogens with zero attached hydrogens (tertiary/aromatic N) is 2. The molecule has 1 aromatic rings. The van der Waals surface area contributed by atoms with Gasteiger partial charge in [-0.3, -0.25) is 0 Å². The molecule has 1 aromatic heterocycles. The maximum absolute atomic E-state index is 12.2. The molecule has 0 aliphatic rings. The molecule has 3 nitrogen and oxygen atoms in total. The molecule has 0 aliphatic carbocycles. The minimum atomic E-state index is -4.41. The third-order valence-corrected chi connectivity index (χ3v) is 3.08. The van der Waals surface area contributed by atoms with Crippen molar-refractivity contribution in [1.29, 1.82) is 0 Å². The normalized spacial score (nSPS) is 11.9. The van der Waals surface area contributed by atoms with Crippen molar-refractivity contribution < 1.29 is 17.4 Å². The zero-order valence-corrected chi connectivity index (χ0v) is 12.2. The van der Waals surface area contributed by atoms with Crippen molar-refractivity contribution in [3.8, 4) is 5.88 Å². The summed E-state index contributed by atoms with van der Waals surface area (Å²) in [6, 6.07) is 0. The van der Waals surface area contributed by atoms with E-state index >= 15 is 0 Å². The number of hydrogen-bond donors (Lipinski definition) is 0. The average molecular weight is 296 g/mol. The Bertz CT molecular complexity index is 404. The maximum Gasteiger partial charge on any atom is 0.479 e. The van der Waals surface area contributed by atoms with Crippen LogP contribution < -0.4 is 4.18 Å². The summed E-state index contributed by atoms with van der Waals surface area (Å²) in [5, 5.41) is 4.26. The van der Waals surface area contributed by atoms with Crippen LogP contribution in [0.25, 0.3) is 0 Å². The van der Waals surface area contributed by atoms with Crippen molar-refractivity contribution >= 4 is 12.0 Å². The molecule has 0 bridgehead atoms. The summed E-state index contributed by atoms with van der Waals surface area (Å²) in [6.45, 7) is 4.06. The number of hydrogen-bond acceptors (Lipinski definition) is 3. The van der Waals surface area contributed by atoms with E-state index in [0.29, 0.717) is 6.42 Å². The smallest absolute Gasteiger partial charge is 0.397 e. The highest BCUT2D eigenvalue weighted by atomic mass is 32.2. The molecular weight excluding hydrogens is 277 g/mol. The molecule has 0 spiro atoms. The Morgan fingerprint density at radius 1 is 1.21 bits per heavy atom. The van der Waals surface area contributed by atoms with Gasteiger partial charge in [0.2, 0.25) is 5.88 Å². The van der Waals surface area contributed by atoms with E-state index in [9.17, 15) is 13.2 Å². The molecule has 0 unspecified atom stereocenters. The van der Waals surface area contributed by atoms with E-state index in [1.165, 1.54) is 4.68 Å². The molecule has 0 saturated carbocycles. The lowest BCUT2D eigenvalue weighted by Crippen LogP contribution is -2.05. The fraction of sp³-hybridized carbons (Fsp3) is 0.750. The lowest BCUT2D eigenvalue weighted by atomic mass is 10.1. The van der Waals surface area contributed by atoms with Crippen molar-refractivity contribution in [2.45, 2.75) is 51.5 Å². The molecule has 19 heavy (non-hydrogen) atoms. The van der Waals surface area contributed by atoms with Gasteiger partial charge in [-0.25, -0.2) is 4.68 Å². The molecule has 0 fully saturated rings. The van der Waals surface area contributed by atoms with Gasteiger partial charge in [0.25, 0.3) is 0 Å². The Morgan fingerprint density at radius 3 is 2.42 bits per heavy atom. The van der Waals surface area contributed by atoms with E-state index < -0.39 is 17.6 Å². The third kappa shape index (κ3) is 4.97. The van der Waals surface area contributed by atoms with Crippen molar-refractivity contribution in [3.63, 3.8) is 0 Å². The summed E-state index contributed by atoms with van der Waals surface area (Å²) < 4.78 is 42.9. The third-order valence-electron chi connectivity index (χ3n) is 2.65. The molecule has 1 heterocycles. The standard InChI is InChI=1S/C12H19F3N2OS/c1-4-6-8-9-10(7-5-2)16-17(3)11(9)18-19-12(13,14)15/h4-8H2,1-3H3. The Labute approximate surface area is 115 Å². The average Bonchev–Trinajstić information content (AvgIpc) is 2.59. The summed E-state index contributed by atoms with van der Waals surface area (Å²) in [5.41, 5.74) is -2.75. The van der Waals surface area contributed by atoms with Crippen molar-refractivity contribution in [2.75, 3.05) is 0 Å². The first-order chi connectivity index (χ1) is 8.89. The van der Waals surface area contributed by atoms with Crippen molar-refractivity contribution in [3.05, 3.63) is 11.3 Å². The molecule has 0 radical (unpaired) electrons. The summed E-state index contributed by atoms with van der Waals surface area (Å²) in [5.74, 6) is 0.222. The fourth-order valence-electron chi connectivity index (χ4n) is 1.84. The summed E-state index contributed by atoms with van der Waals surface area (Å²) in [6.07, 6.45) is 4.25. The van der Waals surface area contributed by atoms with Gasteiger partial charge in [-0.2, -0.15) is 18.3 Å². The molecule has 0 N–H and O–H groups in total. The second kappa shape index (κ2) is 7.07. The molecule has 110 valence electrons. The number of rotatable bonds is 7. The molecule has 7 heteroatoms. The van der Waals surface area contributed by atoms with Crippen LogP contribution in [-0.2, 0) is 19.9 Å². The Morgan fingerprint density at radius 2 is 1.89 bits per heavy atom. The van der Waals surface area contributed by atoms with Crippen LogP contribution in [-0.4, -0.2) is 15.3 Å². The lowest BCUT2D eigenvalue weighted by molar-refractivity contribution is -0.0371. The van der Waals surface area contributed by atoms with Crippen molar-refractivity contribution in [2.24, 2.45) is 7.05 Å². The van der Waals surface area contributed by atoms with Crippen LogP contribution in [0.1, 0.15) is 44.4 Å². The number of unbranched alkanes of at least 4 members (excludes halogenated alkanes) is 1. The molecule has 0 aliphatic heterocycles. The Balaban J connectivity index is 2.92. The SMILES string of the molecule is CCCCc1c(CCC)nn(C)c1OSC(F)(F)F. The van der Waals surface area contributed by atoms with Gasteiger partial charge in [0.1, 0.15) is 0 Å². The van der Waals surface area contributed by atoms with Gasteiger partial charge < -0.3 is 4.18 Å². The molecule has 0 atom stereocenters. The first-order valence-electron chi connectivity index (χ1n) is 6.36. The molecule has 0 aromatic carbocycles. The molecular formula is C12H19F3N2OS. The van der Waals surface area contributed by atoms with Gasteiger partial charge in [0, 0.05) is 12.6 Å². The van der Waals surface area contributed by atoms with E-state index in [1.54, 1.807) is 7.05 Å². The van der Waals surface area contributed by atoms with Gasteiger partial charge in [-0.15, -0.1) is 0 Å². The van der Waals surface area contributed by atoms with E-state index in [-0.39, 0.29) is 5.88 Å². The van der Waals surface area contributed by atoms with E-state index in [1.807, 2.05) is 13.8 Å². The van der Waals surface area contributed by atoms with Crippen LogP contribution in [0.5, 0.6) is 5.88 Å². The van der Waals surface area contributed by atoms with Gasteiger partial charge in [0.05, 0.1) is 5.69 Å². The van der Waals surface area contributed by atoms with Crippen LogP contribution in [0, 0.1) is 0 Å². The highest BCUT2D eigenvalue weighted by Gasteiger charge is 2.33. The predicted octanol–water partition coefficient (Wildman–Crippen LogP) is 4.26. The minimum absolute atomic E-state index is 0.222. The number of aromatic nitrogens is 2. The van der Waals surface area contributed by atoms with E-state index in [2.05, 4.69) is 5.10 Å². The molecule has 0 amide bonds. The molecule has 1 rings (SSSR count). The van der Waals surface area contributed by atoms with Crippen LogP contribution in [0.4, 0.5) is 13.2 Å². The summed E-state index contributed by atoms with van der Waals surface area (Å²) >= 11 is -0.481. The van der Waals surface area contributed by atoms with E-state index in [0.717, 1.165) is 36.9 Å². The lowest BCUT2D eigenvalue weighted by Gasteiger charge is -2.09. The van der Waals surface area contributed by atoms with Crippen LogP contribution in [0.2, 0.25) is 0 Å². The first kappa shape index (κ1) is 16.2. The second-order valence-electron chi connectivity index (χ2n) is 4.32. The highest BCUT2D eigenvalue weighted by molar-refractivity contribution is 7.95. The van der Waals surface area contributed by atoms with Crippen LogP contribution >= 0.6 is 12.0 Å². The zero-order chi connectivity index (χ0) is 14.5. The Kier molecular flexibility index (Phi) is 6.03. The van der Waals surface area contributed by atoms with Crippen LogP contribution in [0.3, 0.4) is 0 Å². The monoisotopic (exact) mass is 296 g/mol. The number of aryl methyl sites for hydroxylation is 2. The second-order valence-corrected chi connectivity index (χ2v) is 5.12. The van der Waals surface area contributed by atoms with Gasteiger partial charge in [0.15, 0.2) is 12.0 Å². The Hall–Kier alpha value is -0.850. The van der Waals surface area contributed by atoms with Crippen molar-refractivity contribution in [1.82, 2.24) is 9.78 Å². The topological polar surface area (TPSA) is 27.1 Å². The highest BCUT2D eigenvalue weighted by Crippen LogP contribution is 2.35. The summed E-state index contributed by atoms with van der Waals surface area (Å²) in [4.78, 5) is 0. The zero-order valence-electron chi connectivity index (χ0n) is 11.4. The largest absolute Gasteiger partial charge is 0.479 e. The van der Waals surface area contributed by atoms with Gasteiger partial charge >= 0.3 is 5.51 Å². The predicted molar refractivity (Wildman–Crippen MR) is 70.1 cm³/mol. The number of alkyl halides is 3. The molecule has 0 saturated heterocycles. The van der Waals surface area contributed by atoms with E-state index in [4.69, 9.17) is 4.18 Å². The number of halogens is 3. The van der Waals surface area contributed by atoms with Gasteiger partial charge in [-0.05, 0) is 19.3 Å². The first-order valence-corrected chi connectivity index (χ1v) is 7.10.